The van der Waals surface area contributed by atoms with Crippen molar-refractivity contribution in [2.24, 2.45) is 11.8 Å². The van der Waals surface area contributed by atoms with Crippen LogP contribution in [0.4, 0.5) is 4.39 Å². The first-order chi connectivity index (χ1) is 15.3. The minimum Gasteiger partial charge on any atom is -0.454 e. The van der Waals surface area contributed by atoms with E-state index in [4.69, 9.17) is 9.47 Å². The standard InChI is InChI=1S/C26H33FN2O3/c1-17(2)26(30)29(18(3)4)14-21-13-28(15-23(21)20-6-8-22(27)9-7-20)12-19-5-10-24-25(11-19)32-16-31-24/h5-11,17-18,21,23H,12-16H2,1-4H3. The molecule has 1 amide bonds. The number of benzene rings is 2. The molecule has 0 bridgehead atoms. The molecule has 1 fully saturated rings. The van der Waals surface area contributed by atoms with Crippen LogP contribution in [0.5, 0.6) is 11.5 Å². The van der Waals surface area contributed by atoms with Gasteiger partial charge >= 0.3 is 0 Å². The Hall–Kier alpha value is -2.60. The average Bonchev–Trinajstić information content (AvgIpc) is 3.38. The molecule has 5 nitrogen and oxygen atoms in total. The first-order valence-electron chi connectivity index (χ1n) is 11.5. The highest BCUT2D eigenvalue weighted by Gasteiger charge is 2.36. The molecule has 0 N–H and O–H groups in total. The largest absolute Gasteiger partial charge is 0.454 e. The first kappa shape index (κ1) is 22.6. The zero-order valence-electron chi connectivity index (χ0n) is 19.4. The van der Waals surface area contributed by atoms with Crippen LogP contribution in [0.1, 0.15) is 44.7 Å². The number of amides is 1. The molecule has 0 aliphatic carbocycles. The summed E-state index contributed by atoms with van der Waals surface area (Å²) in [7, 11) is 0. The van der Waals surface area contributed by atoms with E-state index < -0.39 is 0 Å². The van der Waals surface area contributed by atoms with E-state index in [-0.39, 0.29) is 42.3 Å². The van der Waals surface area contributed by atoms with Crippen LogP contribution in [-0.4, -0.2) is 48.2 Å². The first-order valence-corrected chi connectivity index (χ1v) is 11.5. The van der Waals surface area contributed by atoms with E-state index >= 15 is 0 Å². The fourth-order valence-corrected chi connectivity index (χ4v) is 4.80. The van der Waals surface area contributed by atoms with Gasteiger partial charge in [-0.2, -0.15) is 0 Å². The maximum absolute atomic E-state index is 13.6. The number of hydrogen-bond donors (Lipinski definition) is 0. The predicted octanol–water partition coefficient (Wildman–Crippen LogP) is 4.66. The summed E-state index contributed by atoms with van der Waals surface area (Å²) in [6.45, 7) is 11.6. The van der Waals surface area contributed by atoms with Gasteiger partial charge < -0.3 is 14.4 Å². The Morgan fingerprint density at radius 2 is 1.78 bits per heavy atom. The van der Waals surface area contributed by atoms with Gasteiger partial charge in [-0.05, 0) is 55.2 Å². The lowest BCUT2D eigenvalue weighted by molar-refractivity contribution is -0.136. The summed E-state index contributed by atoms with van der Waals surface area (Å²) in [5, 5.41) is 0. The Morgan fingerprint density at radius 1 is 1.06 bits per heavy atom. The van der Waals surface area contributed by atoms with Crippen LogP contribution in [0.2, 0.25) is 0 Å². The van der Waals surface area contributed by atoms with Gasteiger partial charge in [-0.15, -0.1) is 0 Å². The van der Waals surface area contributed by atoms with Gasteiger partial charge in [0.1, 0.15) is 5.82 Å². The highest BCUT2D eigenvalue weighted by molar-refractivity contribution is 5.78. The number of likely N-dealkylation sites (tertiary alicyclic amines) is 1. The molecule has 2 heterocycles. The number of rotatable bonds is 7. The summed E-state index contributed by atoms with van der Waals surface area (Å²) in [5.74, 6) is 2.03. The smallest absolute Gasteiger partial charge is 0.231 e. The van der Waals surface area contributed by atoms with Crippen LogP contribution >= 0.6 is 0 Å². The minimum atomic E-state index is -0.223. The third-order valence-electron chi connectivity index (χ3n) is 6.49. The van der Waals surface area contributed by atoms with Crippen molar-refractivity contribution in [1.82, 2.24) is 9.80 Å². The van der Waals surface area contributed by atoms with Gasteiger partial charge in [-0.25, -0.2) is 4.39 Å². The maximum atomic E-state index is 13.6. The number of carbonyl (C=O) groups excluding carboxylic acids is 1. The number of nitrogens with zero attached hydrogens (tertiary/aromatic N) is 2. The molecule has 4 rings (SSSR count). The van der Waals surface area contributed by atoms with Crippen molar-refractivity contribution in [2.45, 2.75) is 46.2 Å². The van der Waals surface area contributed by atoms with Crippen LogP contribution in [0, 0.1) is 17.7 Å². The van der Waals surface area contributed by atoms with Gasteiger partial charge in [0, 0.05) is 44.1 Å². The summed E-state index contributed by atoms with van der Waals surface area (Å²) in [5.41, 5.74) is 2.30. The van der Waals surface area contributed by atoms with Crippen LogP contribution in [0.3, 0.4) is 0 Å². The summed E-state index contributed by atoms with van der Waals surface area (Å²) >= 11 is 0. The summed E-state index contributed by atoms with van der Waals surface area (Å²) in [4.78, 5) is 17.3. The Bertz CT molecular complexity index is 945. The van der Waals surface area contributed by atoms with Gasteiger partial charge in [0.25, 0.3) is 0 Å². The van der Waals surface area contributed by atoms with Crippen molar-refractivity contribution in [3.8, 4) is 11.5 Å². The van der Waals surface area contributed by atoms with E-state index in [1.54, 1.807) is 0 Å². The van der Waals surface area contributed by atoms with Gasteiger partial charge in [-0.1, -0.05) is 32.0 Å². The van der Waals surface area contributed by atoms with Crippen molar-refractivity contribution >= 4 is 5.91 Å². The molecule has 0 saturated carbocycles. The Kier molecular flexibility index (Phi) is 6.70. The molecule has 32 heavy (non-hydrogen) atoms. The van der Waals surface area contributed by atoms with Crippen molar-refractivity contribution in [3.05, 3.63) is 59.4 Å². The molecule has 2 atom stereocenters. The van der Waals surface area contributed by atoms with Gasteiger partial charge in [0.05, 0.1) is 0 Å². The molecule has 2 aromatic rings. The Balaban J connectivity index is 1.54. The van der Waals surface area contributed by atoms with Gasteiger partial charge in [0.2, 0.25) is 12.7 Å². The molecule has 172 valence electrons. The number of fused-ring (bicyclic) bond motifs is 1. The van der Waals surface area contributed by atoms with Crippen molar-refractivity contribution in [1.29, 1.82) is 0 Å². The van der Waals surface area contributed by atoms with E-state index in [0.29, 0.717) is 6.54 Å². The summed E-state index contributed by atoms with van der Waals surface area (Å²) < 4.78 is 24.5. The summed E-state index contributed by atoms with van der Waals surface area (Å²) in [6.07, 6.45) is 0. The third kappa shape index (κ3) is 4.90. The minimum absolute atomic E-state index is 0.0344. The van der Waals surface area contributed by atoms with Crippen LogP contribution < -0.4 is 9.47 Å². The lowest BCUT2D eigenvalue weighted by Gasteiger charge is -2.33. The second-order valence-corrected chi connectivity index (χ2v) is 9.54. The molecule has 0 aromatic heterocycles. The third-order valence-corrected chi connectivity index (χ3v) is 6.49. The van der Waals surface area contributed by atoms with E-state index in [9.17, 15) is 9.18 Å². The molecule has 2 unspecified atom stereocenters. The van der Waals surface area contributed by atoms with Gasteiger partial charge in [-0.3, -0.25) is 9.69 Å². The topological polar surface area (TPSA) is 42.0 Å². The monoisotopic (exact) mass is 440 g/mol. The maximum Gasteiger partial charge on any atom is 0.231 e. The molecular formula is C26H33FN2O3. The highest BCUT2D eigenvalue weighted by Crippen LogP contribution is 2.37. The van der Waals surface area contributed by atoms with Crippen LogP contribution in [0.25, 0.3) is 0 Å². The zero-order chi connectivity index (χ0) is 22.8. The molecule has 6 heteroatoms. The molecule has 0 radical (unpaired) electrons. The normalized spacial score (nSPS) is 20.3. The van der Waals surface area contributed by atoms with Crippen LogP contribution in [-0.2, 0) is 11.3 Å². The SMILES string of the molecule is CC(C)C(=O)N(CC1CN(Cc2ccc3c(c2)OCO3)CC1c1ccc(F)cc1)C(C)C. The predicted molar refractivity (Wildman–Crippen MR) is 122 cm³/mol. The fourth-order valence-electron chi connectivity index (χ4n) is 4.80. The molecular weight excluding hydrogens is 407 g/mol. The van der Waals surface area contributed by atoms with E-state index in [2.05, 4.69) is 24.8 Å². The highest BCUT2D eigenvalue weighted by atomic mass is 19.1. The quantitative estimate of drug-likeness (QED) is 0.628. The molecule has 2 aromatic carbocycles. The number of hydrogen-bond acceptors (Lipinski definition) is 4. The van der Waals surface area contributed by atoms with Crippen molar-refractivity contribution in [3.63, 3.8) is 0 Å². The Morgan fingerprint density at radius 3 is 2.47 bits per heavy atom. The fraction of sp³-hybridized carbons (Fsp3) is 0.500. The Labute approximate surface area is 190 Å². The molecule has 1 saturated heterocycles. The number of halogens is 1. The second kappa shape index (κ2) is 9.49. The molecule has 2 aliphatic rings. The zero-order valence-corrected chi connectivity index (χ0v) is 19.4. The molecule has 0 spiro atoms. The molecule has 2 aliphatic heterocycles. The van der Waals surface area contributed by atoms with Crippen molar-refractivity contribution < 1.29 is 18.7 Å². The van der Waals surface area contributed by atoms with E-state index in [0.717, 1.165) is 36.7 Å². The average molecular weight is 441 g/mol. The lowest BCUT2D eigenvalue weighted by atomic mass is 9.88. The number of ether oxygens (including phenoxy) is 2. The van der Waals surface area contributed by atoms with E-state index in [1.165, 1.54) is 17.7 Å². The summed E-state index contributed by atoms with van der Waals surface area (Å²) in [6, 6.07) is 13.1. The number of carbonyl (C=O) groups is 1. The second-order valence-electron chi connectivity index (χ2n) is 9.54. The van der Waals surface area contributed by atoms with E-state index in [1.807, 2.05) is 43.0 Å². The van der Waals surface area contributed by atoms with Crippen LogP contribution in [0.15, 0.2) is 42.5 Å². The van der Waals surface area contributed by atoms with Gasteiger partial charge in [0.15, 0.2) is 11.5 Å². The lowest BCUT2D eigenvalue weighted by Crippen LogP contribution is -2.43. The van der Waals surface area contributed by atoms with Crippen molar-refractivity contribution in [2.75, 3.05) is 26.4 Å².